The van der Waals surface area contributed by atoms with Crippen molar-refractivity contribution in [1.29, 1.82) is 0 Å². The highest BCUT2D eigenvalue weighted by atomic mass is 32.2. The Morgan fingerprint density at radius 1 is 1.46 bits per heavy atom. The van der Waals surface area contributed by atoms with E-state index in [9.17, 15) is 14.7 Å². The molecule has 1 aliphatic heterocycles. The number of thiocarbonyl (C=S) groups is 1. The van der Waals surface area contributed by atoms with Crippen molar-refractivity contribution in [2.24, 2.45) is 0 Å². The van der Waals surface area contributed by atoms with E-state index < -0.39 is 17.9 Å². The fourth-order valence-electron chi connectivity index (χ4n) is 2.17. The van der Waals surface area contributed by atoms with Gasteiger partial charge < -0.3 is 14.6 Å². The minimum atomic E-state index is -1.31. The van der Waals surface area contributed by atoms with Crippen molar-refractivity contribution in [1.82, 2.24) is 4.90 Å². The van der Waals surface area contributed by atoms with E-state index in [0.717, 1.165) is 22.2 Å². The Labute approximate surface area is 150 Å². The fourth-order valence-corrected chi connectivity index (χ4v) is 3.53. The minimum absolute atomic E-state index is 0.230. The molecule has 1 heterocycles. The second kappa shape index (κ2) is 8.12. The topological polar surface area (TPSA) is 69.7 Å². The van der Waals surface area contributed by atoms with Gasteiger partial charge in [0.05, 0.1) is 16.9 Å². The van der Waals surface area contributed by atoms with E-state index in [0.29, 0.717) is 17.3 Å². The molecule has 1 atom stereocenters. The van der Waals surface area contributed by atoms with Crippen molar-refractivity contribution in [2.45, 2.75) is 19.4 Å². The molecule has 0 aliphatic carbocycles. The first-order valence-electron chi connectivity index (χ1n) is 7.29. The summed E-state index contributed by atoms with van der Waals surface area (Å²) in [5.41, 5.74) is 0.794. The maximum atomic E-state index is 12.5. The molecule has 126 valence electrons. The Morgan fingerprint density at radius 3 is 2.67 bits per heavy atom. The number of ether oxygens (including phenoxy) is 1. The number of carboxylic acid groups (broad SMARTS) is 1. The number of thioether (sulfide) groups is 1. The van der Waals surface area contributed by atoms with Crippen molar-refractivity contribution in [3.05, 3.63) is 47.4 Å². The third-order valence-corrected chi connectivity index (χ3v) is 4.67. The maximum absolute atomic E-state index is 12.5. The molecule has 0 unspecified atom stereocenters. The molecular formula is C17H16NO4S2-. The second-order valence-corrected chi connectivity index (χ2v) is 6.64. The summed E-state index contributed by atoms with van der Waals surface area (Å²) in [4.78, 5) is 25.1. The molecule has 0 N–H and O–H groups in total. The highest BCUT2D eigenvalue weighted by Gasteiger charge is 2.36. The van der Waals surface area contributed by atoms with E-state index in [-0.39, 0.29) is 10.7 Å². The van der Waals surface area contributed by atoms with Crippen LogP contribution in [-0.4, -0.2) is 33.7 Å². The number of benzene rings is 1. The lowest BCUT2D eigenvalue weighted by molar-refractivity contribution is -0.310. The summed E-state index contributed by atoms with van der Waals surface area (Å²) in [5.74, 6) is -1.02. The zero-order valence-corrected chi connectivity index (χ0v) is 14.7. The van der Waals surface area contributed by atoms with Crippen molar-refractivity contribution in [2.75, 3.05) is 6.61 Å². The maximum Gasteiger partial charge on any atom is 0.266 e. The molecule has 0 aromatic heterocycles. The van der Waals surface area contributed by atoms with E-state index in [4.69, 9.17) is 17.0 Å². The zero-order chi connectivity index (χ0) is 17.7. The predicted molar refractivity (Wildman–Crippen MR) is 96.2 cm³/mol. The van der Waals surface area contributed by atoms with Crippen LogP contribution in [0.5, 0.6) is 5.75 Å². The van der Waals surface area contributed by atoms with Gasteiger partial charge in [0.25, 0.3) is 5.91 Å². The lowest BCUT2D eigenvalue weighted by Gasteiger charge is -2.26. The van der Waals surface area contributed by atoms with E-state index in [1.165, 1.54) is 0 Å². The molecule has 0 bridgehead atoms. The highest BCUT2D eigenvalue weighted by molar-refractivity contribution is 8.26. The smallest absolute Gasteiger partial charge is 0.266 e. The average Bonchev–Trinajstić information content (AvgIpc) is 2.82. The predicted octanol–water partition coefficient (Wildman–Crippen LogP) is 1.98. The molecule has 2 rings (SSSR count). The van der Waals surface area contributed by atoms with Gasteiger partial charge in [0.15, 0.2) is 0 Å². The first-order chi connectivity index (χ1) is 11.5. The van der Waals surface area contributed by atoms with Gasteiger partial charge in [-0.05, 0) is 30.2 Å². The van der Waals surface area contributed by atoms with Crippen LogP contribution in [0.2, 0.25) is 0 Å². The van der Waals surface area contributed by atoms with Gasteiger partial charge in [0.1, 0.15) is 16.7 Å². The molecule has 0 radical (unpaired) electrons. The Balaban J connectivity index is 2.19. The van der Waals surface area contributed by atoms with Crippen molar-refractivity contribution >= 4 is 46.3 Å². The fraction of sp³-hybridized carbons (Fsp3) is 0.235. The van der Waals surface area contributed by atoms with Crippen LogP contribution in [0.4, 0.5) is 0 Å². The van der Waals surface area contributed by atoms with Crippen molar-refractivity contribution in [3.8, 4) is 5.75 Å². The molecule has 1 saturated heterocycles. The lowest BCUT2D eigenvalue weighted by atomic mass is 10.1. The normalized spacial score (nSPS) is 17.2. The summed E-state index contributed by atoms with van der Waals surface area (Å²) < 4.78 is 5.63. The Bertz CT molecular complexity index is 697. The molecule has 1 fully saturated rings. The van der Waals surface area contributed by atoms with Crippen LogP contribution < -0.4 is 9.84 Å². The Hall–Kier alpha value is -2.12. The van der Waals surface area contributed by atoms with Crippen LogP contribution in [0.15, 0.2) is 41.8 Å². The van der Waals surface area contributed by atoms with E-state index >= 15 is 0 Å². The third-order valence-electron chi connectivity index (χ3n) is 3.34. The number of amides is 1. The molecule has 0 saturated carbocycles. The summed E-state index contributed by atoms with van der Waals surface area (Å²) >= 11 is 6.24. The monoisotopic (exact) mass is 362 g/mol. The minimum Gasteiger partial charge on any atom is -0.548 e. The molecule has 7 heteroatoms. The van der Waals surface area contributed by atoms with Crippen LogP contribution in [0.25, 0.3) is 6.08 Å². The molecule has 24 heavy (non-hydrogen) atoms. The first-order valence-corrected chi connectivity index (χ1v) is 8.52. The first kappa shape index (κ1) is 18.2. The van der Waals surface area contributed by atoms with Crippen LogP contribution in [-0.2, 0) is 9.59 Å². The van der Waals surface area contributed by atoms with E-state index in [2.05, 4.69) is 6.58 Å². The molecule has 0 spiro atoms. The van der Waals surface area contributed by atoms with E-state index in [1.54, 1.807) is 43.3 Å². The molecule has 1 aromatic carbocycles. The molecular weight excluding hydrogens is 346 g/mol. The molecule has 5 nitrogen and oxygen atoms in total. The summed E-state index contributed by atoms with van der Waals surface area (Å²) in [7, 11) is 0. The van der Waals surface area contributed by atoms with Gasteiger partial charge in [-0.1, -0.05) is 55.7 Å². The van der Waals surface area contributed by atoms with Gasteiger partial charge in [0.2, 0.25) is 0 Å². The standard InChI is InChI=1S/C17H17NO4S2/c1-3-9-22-12-7-5-11(6-8-12)10-14-15(19)18(17(23)24-14)13(4-2)16(20)21/h3,5-8,10,13H,1,4,9H2,2H3,(H,20,21)/p-1/b14-10-/t13-/m0/s1. The van der Waals surface area contributed by atoms with Gasteiger partial charge in [-0.25, -0.2) is 0 Å². The SMILES string of the molecule is C=CCOc1ccc(/C=C2\SC(=S)N([C@@H](CC)C(=O)[O-])C2=O)cc1. The van der Waals surface area contributed by atoms with Gasteiger partial charge in [-0.15, -0.1) is 0 Å². The molecule has 1 amide bonds. The molecule has 1 aliphatic rings. The summed E-state index contributed by atoms with van der Waals surface area (Å²) in [5, 5.41) is 11.2. The highest BCUT2D eigenvalue weighted by Crippen LogP contribution is 2.34. The number of carbonyl (C=O) groups excluding carboxylic acids is 2. The van der Waals surface area contributed by atoms with Gasteiger partial charge in [-0.3, -0.25) is 9.69 Å². The van der Waals surface area contributed by atoms with Crippen LogP contribution in [0.1, 0.15) is 18.9 Å². The lowest BCUT2D eigenvalue weighted by Crippen LogP contribution is -2.49. The Morgan fingerprint density at radius 2 is 2.12 bits per heavy atom. The van der Waals surface area contributed by atoms with Crippen LogP contribution in [0, 0.1) is 0 Å². The van der Waals surface area contributed by atoms with Crippen molar-refractivity contribution < 1.29 is 19.4 Å². The number of nitrogens with zero attached hydrogens (tertiary/aromatic N) is 1. The summed E-state index contributed by atoms with van der Waals surface area (Å²) in [6, 6.07) is 6.14. The number of hydrogen-bond donors (Lipinski definition) is 0. The molecule has 1 aromatic rings. The van der Waals surface area contributed by atoms with E-state index in [1.807, 2.05) is 0 Å². The third kappa shape index (κ3) is 4.04. The number of rotatable bonds is 7. The quantitative estimate of drug-likeness (QED) is 0.420. The average molecular weight is 362 g/mol. The van der Waals surface area contributed by atoms with Crippen molar-refractivity contribution in [3.63, 3.8) is 0 Å². The van der Waals surface area contributed by atoms with Crippen LogP contribution in [0.3, 0.4) is 0 Å². The number of carboxylic acids is 1. The summed E-state index contributed by atoms with van der Waals surface area (Å²) in [6.07, 6.45) is 3.57. The second-order valence-electron chi connectivity index (χ2n) is 4.96. The number of carbonyl (C=O) groups is 2. The number of hydrogen-bond acceptors (Lipinski definition) is 6. The largest absolute Gasteiger partial charge is 0.548 e. The Kier molecular flexibility index (Phi) is 6.16. The van der Waals surface area contributed by atoms with Crippen LogP contribution >= 0.6 is 24.0 Å². The number of aliphatic carboxylic acids is 1. The zero-order valence-electron chi connectivity index (χ0n) is 13.1. The van der Waals surface area contributed by atoms with Gasteiger partial charge in [-0.2, -0.15) is 0 Å². The van der Waals surface area contributed by atoms with Gasteiger partial charge in [0, 0.05) is 0 Å². The summed E-state index contributed by atoms with van der Waals surface area (Å²) in [6.45, 7) is 5.67. The van der Waals surface area contributed by atoms with Gasteiger partial charge >= 0.3 is 0 Å².